The molecule has 0 aliphatic carbocycles. The van der Waals surface area contributed by atoms with Crippen LogP contribution >= 0.6 is 0 Å². The Morgan fingerprint density at radius 2 is 1.75 bits per heavy atom. The van der Waals surface area contributed by atoms with E-state index in [9.17, 15) is 22.8 Å². The van der Waals surface area contributed by atoms with Gasteiger partial charge in [0.2, 0.25) is 0 Å². The largest absolute Gasteiger partial charge is 0.573 e. The molecule has 3 aromatic rings. The third-order valence-electron chi connectivity index (χ3n) is 5.67. The number of alkyl halides is 3. The Labute approximate surface area is 204 Å². The van der Waals surface area contributed by atoms with Gasteiger partial charge in [0.25, 0.3) is 5.56 Å². The van der Waals surface area contributed by atoms with Crippen molar-refractivity contribution in [3.8, 4) is 17.2 Å². The number of hydrogen-bond acceptors (Lipinski definition) is 6. The number of nitrogens with zero attached hydrogens (tertiary/aromatic N) is 3. The molecule has 0 saturated carbocycles. The van der Waals surface area contributed by atoms with E-state index in [1.54, 1.807) is 38.4 Å². The summed E-state index contributed by atoms with van der Waals surface area (Å²) in [7, 11) is 3.14. The fourth-order valence-corrected chi connectivity index (χ4v) is 3.93. The van der Waals surface area contributed by atoms with Crippen molar-refractivity contribution in [2.24, 2.45) is 12.0 Å². The zero-order valence-corrected chi connectivity index (χ0v) is 19.7. The molecule has 0 spiro atoms. The van der Waals surface area contributed by atoms with Gasteiger partial charge in [-0.15, -0.1) is 13.2 Å². The van der Waals surface area contributed by atoms with Gasteiger partial charge in [-0.3, -0.25) is 13.9 Å². The van der Waals surface area contributed by atoms with E-state index in [1.165, 1.54) is 27.3 Å². The zero-order valence-electron chi connectivity index (χ0n) is 19.7. The number of aromatic nitrogens is 2. The number of aliphatic imine (C=N–C) groups is 1. The van der Waals surface area contributed by atoms with Gasteiger partial charge >= 0.3 is 12.1 Å². The average Bonchev–Trinajstić information content (AvgIpc) is 3.27. The molecule has 1 aliphatic heterocycles. The fourth-order valence-electron chi connectivity index (χ4n) is 3.93. The molecule has 0 N–H and O–H groups in total. The summed E-state index contributed by atoms with van der Waals surface area (Å²) in [5.74, 6) is 0.917. The maximum Gasteiger partial charge on any atom is 0.573 e. The predicted molar refractivity (Wildman–Crippen MR) is 127 cm³/mol. The molecule has 2 heterocycles. The summed E-state index contributed by atoms with van der Waals surface area (Å²) < 4.78 is 54.3. The lowest BCUT2D eigenvalue weighted by atomic mass is 10.1. The van der Waals surface area contributed by atoms with Crippen LogP contribution in [0, 0.1) is 0 Å². The number of methoxy groups -OCH3 is 1. The Balaban J connectivity index is 1.38. The predicted octanol–water partition coefficient (Wildman–Crippen LogP) is 3.99. The first kappa shape index (κ1) is 25.1. The quantitative estimate of drug-likeness (QED) is 0.413. The molecule has 8 nitrogen and oxygen atoms in total. The van der Waals surface area contributed by atoms with Gasteiger partial charge in [-0.1, -0.05) is 18.2 Å². The van der Waals surface area contributed by atoms with Crippen molar-refractivity contribution in [2.75, 3.05) is 13.7 Å². The Morgan fingerprint density at radius 1 is 1.03 bits per heavy atom. The van der Waals surface area contributed by atoms with Gasteiger partial charge in [0.1, 0.15) is 23.1 Å². The molecule has 190 valence electrons. The SMILES string of the molecule is COc1ccc(Cn2c(=O)c3c(n(C)c2=O)N=C(CCCOc2cccc(OC(F)(F)F)c2)C3)cc1. The standard InChI is InChI=1S/C25H24F3N3O5/c1-30-22-21(23(32)31(24(30)33)15-16-8-10-18(34-2)11-9-16)13-17(29-22)5-4-12-35-19-6-3-7-20(14-19)36-25(26,27)28/h3,6-11,14H,4-5,12-13,15H2,1-2H3. The van der Waals surface area contributed by atoms with E-state index in [4.69, 9.17) is 9.47 Å². The van der Waals surface area contributed by atoms with Crippen LogP contribution in [0.1, 0.15) is 24.0 Å². The monoisotopic (exact) mass is 503 g/mol. The Hall–Kier alpha value is -4.02. The van der Waals surface area contributed by atoms with Crippen molar-refractivity contribution >= 4 is 11.5 Å². The third kappa shape index (κ3) is 5.78. The smallest absolute Gasteiger partial charge is 0.497 e. The van der Waals surface area contributed by atoms with Gasteiger partial charge in [0, 0.05) is 25.2 Å². The summed E-state index contributed by atoms with van der Waals surface area (Å²) in [6.45, 7) is 0.356. The van der Waals surface area contributed by atoms with Crippen LogP contribution in [0.4, 0.5) is 19.0 Å². The second-order valence-corrected chi connectivity index (χ2v) is 8.21. The first-order chi connectivity index (χ1) is 17.1. The number of halogens is 3. The highest BCUT2D eigenvalue weighted by atomic mass is 19.4. The number of rotatable bonds is 9. The van der Waals surface area contributed by atoms with Gasteiger partial charge in [0.15, 0.2) is 0 Å². The highest BCUT2D eigenvalue weighted by Gasteiger charge is 2.31. The second-order valence-electron chi connectivity index (χ2n) is 8.21. The fraction of sp³-hybridized carbons (Fsp3) is 0.320. The lowest BCUT2D eigenvalue weighted by molar-refractivity contribution is -0.274. The highest BCUT2D eigenvalue weighted by molar-refractivity contribution is 5.93. The first-order valence-corrected chi connectivity index (χ1v) is 11.2. The molecule has 0 unspecified atom stereocenters. The van der Waals surface area contributed by atoms with Gasteiger partial charge in [-0.2, -0.15) is 0 Å². The first-order valence-electron chi connectivity index (χ1n) is 11.2. The van der Waals surface area contributed by atoms with E-state index >= 15 is 0 Å². The summed E-state index contributed by atoms with van der Waals surface area (Å²) >= 11 is 0. The molecule has 0 saturated heterocycles. The Kier molecular flexibility index (Phi) is 7.18. The van der Waals surface area contributed by atoms with E-state index in [-0.39, 0.29) is 30.2 Å². The van der Waals surface area contributed by atoms with E-state index in [1.807, 2.05) is 0 Å². The van der Waals surface area contributed by atoms with Crippen molar-refractivity contribution in [3.63, 3.8) is 0 Å². The average molecular weight is 503 g/mol. The summed E-state index contributed by atoms with van der Waals surface area (Å²) in [5.41, 5.74) is 1.15. The van der Waals surface area contributed by atoms with E-state index in [0.29, 0.717) is 36.4 Å². The van der Waals surface area contributed by atoms with Crippen LogP contribution in [0.2, 0.25) is 0 Å². The van der Waals surface area contributed by atoms with Crippen LogP contribution in [0.25, 0.3) is 0 Å². The van der Waals surface area contributed by atoms with E-state index in [0.717, 1.165) is 17.3 Å². The molecule has 0 radical (unpaired) electrons. The molecular formula is C25H24F3N3O5. The maximum absolute atomic E-state index is 13.1. The second kappa shape index (κ2) is 10.3. The summed E-state index contributed by atoms with van der Waals surface area (Å²) in [4.78, 5) is 30.4. The van der Waals surface area contributed by atoms with Crippen molar-refractivity contribution in [3.05, 3.63) is 80.5 Å². The van der Waals surface area contributed by atoms with Crippen LogP contribution in [-0.2, 0) is 20.0 Å². The minimum absolute atomic E-state index is 0.128. The zero-order chi connectivity index (χ0) is 25.9. The minimum Gasteiger partial charge on any atom is -0.497 e. The van der Waals surface area contributed by atoms with Gasteiger partial charge < -0.3 is 14.2 Å². The number of hydrogen-bond donors (Lipinski definition) is 0. The van der Waals surface area contributed by atoms with Crippen molar-refractivity contribution in [2.45, 2.75) is 32.2 Å². The molecule has 0 atom stereocenters. The Bertz CT molecular complexity index is 1390. The molecule has 1 aliphatic rings. The summed E-state index contributed by atoms with van der Waals surface area (Å²) in [5, 5.41) is 0. The molecule has 0 fully saturated rings. The molecule has 0 bridgehead atoms. The van der Waals surface area contributed by atoms with E-state index < -0.39 is 12.1 Å². The molecule has 1 aromatic heterocycles. The topological polar surface area (TPSA) is 84.1 Å². The number of ether oxygens (including phenoxy) is 3. The molecule has 0 amide bonds. The van der Waals surface area contributed by atoms with Gasteiger partial charge in [-0.25, -0.2) is 9.79 Å². The molecule has 4 rings (SSSR count). The molecular weight excluding hydrogens is 479 g/mol. The lowest BCUT2D eigenvalue weighted by Gasteiger charge is -2.11. The highest BCUT2D eigenvalue weighted by Crippen LogP contribution is 2.27. The van der Waals surface area contributed by atoms with Gasteiger partial charge in [0.05, 0.1) is 25.8 Å². The Morgan fingerprint density at radius 3 is 2.44 bits per heavy atom. The lowest BCUT2D eigenvalue weighted by Crippen LogP contribution is -2.40. The normalized spacial score (nSPS) is 12.8. The summed E-state index contributed by atoms with van der Waals surface area (Å²) in [6.07, 6.45) is -3.44. The van der Waals surface area contributed by atoms with Crippen LogP contribution in [0.15, 0.2) is 63.1 Å². The van der Waals surface area contributed by atoms with Crippen molar-refractivity contribution in [1.29, 1.82) is 0 Å². The van der Waals surface area contributed by atoms with E-state index in [2.05, 4.69) is 9.73 Å². The van der Waals surface area contributed by atoms with Crippen LogP contribution in [0.3, 0.4) is 0 Å². The van der Waals surface area contributed by atoms with Crippen molar-refractivity contribution in [1.82, 2.24) is 9.13 Å². The third-order valence-corrected chi connectivity index (χ3v) is 5.67. The molecule has 2 aromatic carbocycles. The van der Waals surface area contributed by atoms with Crippen molar-refractivity contribution < 1.29 is 27.4 Å². The molecule has 11 heteroatoms. The summed E-state index contributed by atoms with van der Waals surface area (Å²) in [6, 6.07) is 12.4. The van der Waals surface area contributed by atoms with Crippen LogP contribution in [-0.4, -0.2) is 34.9 Å². The maximum atomic E-state index is 13.1. The number of fused-ring (bicyclic) bond motifs is 1. The van der Waals surface area contributed by atoms with Crippen LogP contribution < -0.4 is 25.5 Å². The number of benzene rings is 2. The molecule has 36 heavy (non-hydrogen) atoms. The minimum atomic E-state index is -4.78. The van der Waals surface area contributed by atoms with Gasteiger partial charge in [-0.05, 0) is 42.7 Å². The van der Waals surface area contributed by atoms with Crippen LogP contribution in [0.5, 0.6) is 17.2 Å².